The van der Waals surface area contributed by atoms with Crippen LogP contribution in [0.3, 0.4) is 0 Å². The minimum absolute atomic E-state index is 0.264. The van der Waals surface area contributed by atoms with Gasteiger partial charge in [0.2, 0.25) is 0 Å². The van der Waals surface area contributed by atoms with E-state index in [4.69, 9.17) is 5.73 Å². The van der Waals surface area contributed by atoms with Crippen LogP contribution in [0.2, 0.25) is 0 Å². The second-order valence-corrected chi connectivity index (χ2v) is 2.46. The maximum Gasteiger partial charge on any atom is 0.280 e. The van der Waals surface area contributed by atoms with Gasteiger partial charge in [0.25, 0.3) is 5.88 Å². The Bertz CT molecular complexity index is 428. The molecule has 4 heteroatoms. The molecule has 0 bridgehead atoms. The number of hydrogen-bond acceptors (Lipinski definition) is 3. The molecule has 0 spiro atoms. The normalized spacial score (nSPS) is 10.3. The van der Waals surface area contributed by atoms with E-state index in [0.717, 1.165) is 0 Å². The number of rotatable bonds is 0. The summed E-state index contributed by atoms with van der Waals surface area (Å²) in [4.78, 5) is 7.44. The van der Waals surface area contributed by atoms with Crippen molar-refractivity contribution in [3.05, 3.63) is 24.5 Å². The molecule has 1 heterocycles. The summed E-state index contributed by atoms with van der Waals surface area (Å²) in [6.45, 7) is 0. The number of nitrogens with two attached hydrogens (primary N) is 1. The number of anilines is 1. The predicted molar refractivity (Wildman–Crippen MR) is 44.1 cm³/mol. The molecular weight excluding hydrogens is 154 g/mol. The number of hydrogen-bond donors (Lipinski definition) is 1. The van der Waals surface area contributed by atoms with Gasteiger partial charge in [-0.05, 0) is 18.2 Å². The van der Waals surface area contributed by atoms with Crippen molar-refractivity contribution >= 4 is 16.6 Å². The topological polar surface area (TPSA) is 71.7 Å². The van der Waals surface area contributed by atoms with Crippen LogP contribution in [0, 0.1) is 0 Å². The van der Waals surface area contributed by atoms with Crippen LogP contribution >= 0.6 is 0 Å². The Labute approximate surface area is 68.7 Å². The van der Waals surface area contributed by atoms with Gasteiger partial charge in [0, 0.05) is 5.69 Å². The molecular formula is C8H6N3O. The van der Waals surface area contributed by atoms with Gasteiger partial charge >= 0.3 is 0 Å². The van der Waals surface area contributed by atoms with Crippen molar-refractivity contribution in [2.45, 2.75) is 0 Å². The molecule has 1 aromatic carbocycles. The average molecular weight is 160 g/mol. The summed E-state index contributed by atoms with van der Waals surface area (Å²) in [7, 11) is 0. The molecule has 4 nitrogen and oxygen atoms in total. The first-order valence-corrected chi connectivity index (χ1v) is 3.44. The fraction of sp³-hybridized carbons (Fsp3) is 0. The van der Waals surface area contributed by atoms with Crippen LogP contribution < -0.4 is 5.73 Å². The maximum absolute atomic E-state index is 11.1. The standard InChI is InChI=1S/C8H6N3O/c9-5-1-2-6-7(3-5)10-4-11-8(6)12/h1-4H,9H2. The zero-order valence-corrected chi connectivity index (χ0v) is 6.19. The summed E-state index contributed by atoms with van der Waals surface area (Å²) >= 11 is 0. The molecule has 0 amide bonds. The summed E-state index contributed by atoms with van der Waals surface area (Å²) < 4.78 is 0. The van der Waals surface area contributed by atoms with Crippen molar-refractivity contribution in [3.8, 4) is 5.88 Å². The molecule has 0 unspecified atom stereocenters. The molecule has 0 aliphatic rings. The molecule has 0 saturated carbocycles. The summed E-state index contributed by atoms with van der Waals surface area (Å²) in [6, 6.07) is 4.94. The highest BCUT2D eigenvalue weighted by Crippen LogP contribution is 2.21. The highest BCUT2D eigenvalue weighted by atomic mass is 16.3. The number of nitrogen functional groups attached to an aromatic ring is 1. The lowest BCUT2D eigenvalue weighted by molar-refractivity contribution is 0.342. The first kappa shape index (κ1) is 6.84. The van der Waals surface area contributed by atoms with E-state index in [0.29, 0.717) is 16.6 Å². The van der Waals surface area contributed by atoms with Gasteiger partial charge in [0.15, 0.2) is 0 Å². The van der Waals surface area contributed by atoms with E-state index in [9.17, 15) is 5.11 Å². The lowest BCUT2D eigenvalue weighted by Gasteiger charge is -1.96. The van der Waals surface area contributed by atoms with Crippen molar-refractivity contribution < 1.29 is 5.11 Å². The van der Waals surface area contributed by atoms with Crippen LogP contribution in [0.1, 0.15) is 0 Å². The van der Waals surface area contributed by atoms with Gasteiger partial charge in [-0.1, -0.05) is 0 Å². The SMILES string of the molecule is Nc1ccc2c([O])ncnc2c1. The third kappa shape index (κ3) is 0.934. The Balaban J connectivity index is 2.86. The molecule has 2 aromatic rings. The summed E-state index contributed by atoms with van der Waals surface area (Å²) in [5.41, 5.74) is 6.70. The fourth-order valence-corrected chi connectivity index (χ4v) is 1.05. The van der Waals surface area contributed by atoms with Gasteiger partial charge in [-0.15, -0.1) is 0 Å². The highest BCUT2D eigenvalue weighted by molar-refractivity contribution is 5.85. The molecule has 59 valence electrons. The average Bonchev–Trinajstić information content (AvgIpc) is 2.04. The van der Waals surface area contributed by atoms with Crippen molar-refractivity contribution in [1.29, 1.82) is 0 Å². The second-order valence-electron chi connectivity index (χ2n) is 2.46. The quantitative estimate of drug-likeness (QED) is 0.591. The maximum atomic E-state index is 11.1. The molecule has 0 atom stereocenters. The fourth-order valence-electron chi connectivity index (χ4n) is 1.05. The molecule has 12 heavy (non-hydrogen) atoms. The number of benzene rings is 1. The predicted octanol–water partition coefficient (Wildman–Crippen LogP) is 1.36. The van der Waals surface area contributed by atoms with Gasteiger partial charge in [0.05, 0.1) is 10.9 Å². The highest BCUT2D eigenvalue weighted by Gasteiger charge is 2.02. The van der Waals surface area contributed by atoms with Crippen molar-refractivity contribution in [3.63, 3.8) is 0 Å². The van der Waals surface area contributed by atoms with Crippen LogP contribution in [0.5, 0.6) is 5.88 Å². The van der Waals surface area contributed by atoms with E-state index in [1.165, 1.54) is 6.33 Å². The number of fused-ring (bicyclic) bond motifs is 1. The lowest BCUT2D eigenvalue weighted by atomic mass is 10.2. The molecule has 0 aliphatic carbocycles. The minimum Gasteiger partial charge on any atom is -0.399 e. The first-order chi connectivity index (χ1) is 5.77. The van der Waals surface area contributed by atoms with Gasteiger partial charge in [0.1, 0.15) is 6.33 Å². The van der Waals surface area contributed by atoms with E-state index in [1.807, 2.05) is 0 Å². The Kier molecular flexibility index (Phi) is 1.33. The zero-order chi connectivity index (χ0) is 8.55. The van der Waals surface area contributed by atoms with E-state index in [1.54, 1.807) is 18.2 Å². The molecule has 1 aromatic heterocycles. The summed E-state index contributed by atoms with van der Waals surface area (Å²) in [6.07, 6.45) is 1.24. The summed E-state index contributed by atoms with van der Waals surface area (Å²) in [5, 5.41) is 11.6. The number of aromatic nitrogens is 2. The Morgan fingerprint density at radius 3 is 2.92 bits per heavy atom. The van der Waals surface area contributed by atoms with Crippen molar-refractivity contribution in [2.24, 2.45) is 0 Å². The van der Waals surface area contributed by atoms with Crippen molar-refractivity contribution in [2.75, 3.05) is 5.73 Å². The van der Waals surface area contributed by atoms with Gasteiger partial charge < -0.3 is 5.73 Å². The third-order valence-corrected chi connectivity index (χ3v) is 1.62. The third-order valence-electron chi connectivity index (χ3n) is 1.62. The Morgan fingerprint density at radius 1 is 1.25 bits per heavy atom. The smallest absolute Gasteiger partial charge is 0.280 e. The lowest BCUT2D eigenvalue weighted by Crippen LogP contribution is -1.86. The molecule has 1 radical (unpaired) electrons. The summed E-state index contributed by atoms with van der Waals surface area (Å²) in [5.74, 6) is -0.264. The van der Waals surface area contributed by atoms with Crippen LogP contribution in [0.4, 0.5) is 5.69 Å². The van der Waals surface area contributed by atoms with Crippen LogP contribution in [0.15, 0.2) is 24.5 Å². The van der Waals surface area contributed by atoms with E-state index in [2.05, 4.69) is 9.97 Å². The molecule has 0 fully saturated rings. The minimum atomic E-state index is -0.264. The second kappa shape index (κ2) is 2.34. The van der Waals surface area contributed by atoms with E-state index < -0.39 is 0 Å². The van der Waals surface area contributed by atoms with Gasteiger partial charge in [-0.3, -0.25) is 5.11 Å². The molecule has 0 saturated heterocycles. The van der Waals surface area contributed by atoms with Gasteiger partial charge in [-0.25, -0.2) is 4.98 Å². The van der Waals surface area contributed by atoms with E-state index in [-0.39, 0.29) is 5.88 Å². The first-order valence-electron chi connectivity index (χ1n) is 3.44. The van der Waals surface area contributed by atoms with Crippen molar-refractivity contribution in [1.82, 2.24) is 9.97 Å². The zero-order valence-electron chi connectivity index (χ0n) is 6.19. The monoisotopic (exact) mass is 160 g/mol. The van der Waals surface area contributed by atoms with Crippen LogP contribution in [0.25, 0.3) is 10.9 Å². The van der Waals surface area contributed by atoms with Crippen LogP contribution in [-0.2, 0) is 5.11 Å². The van der Waals surface area contributed by atoms with Crippen LogP contribution in [-0.4, -0.2) is 9.97 Å². The molecule has 0 aliphatic heterocycles. The van der Waals surface area contributed by atoms with E-state index >= 15 is 0 Å². The van der Waals surface area contributed by atoms with Gasteiger partial charge in [-0.2, -0.15) is 4.98 Å². The molecule has 2 rings (SSSR count). The molecule has 2 N–H and O–H groups in total. The Hall–Kier alpha value is -1.84. The largest absolute Gasteiger partial charge is 0.399 e. The Morgan fingerprint density at radius 2 is 2.08 bits per heavy atom. The number of nitrogens with zero attached hydrogens (tertiary/aromatic N) is 2.